The first-order chi connectivity index (χ1) is 11.1. The number of thiophene rings is 1. The minimum absolute atomic E-state index is 0.347. The maximum absolute atomic E-state index is 11.0. The summed E-state index contributed by atoms with van der Waals surface area (Å²) in [5, 5.41) is 4.63. The first-order valence-corrected chi connectivity index (χ1v) is 8.81. The molecule has 6 nitrogen and oxygen atoms in total. The lowest BCUT2D eigenvalue weighted by Gasteiger charge is -2.22. The second-order valence-corrected chi connectivity index (χ2v) is 6.85. The molecule has 0 aliphatic carbocycles. The number of nitrogens with one attached hydrogen (secondary N) is 1. The van der Waals surface area contributed by atoms with Gasteiger partial charge in [0, 0.05) is 17.0 Å². The van der Waals surface area contributed by atoms with Crippen molar-refractivity contribution in [1.29, 1.82) is 0 Å². The Labute approximate surface area is 139 Å². The Morgan fingerprint density at radius 1 is 1.48 bits per heavy atom. The van der Waals surface area contributed by atoms with E-state index in [0.717, 1.165) is 54.7 Å². The van der Waals surface area contributed by atoms with Crippen molar-refractivity contribution in [1.82, 2.24) is 10.3 Å². The molecule has 0 bridgehead atoms. The SMILES string of the molecule is CCCc1cc(C2CCNCC2)nc2sc(OC(N)=O)c(N)c12. The topological polar surface area (TPSA) is 103 Å². The highest BCUT2D eigenvalue weighted by Crippen LogP contribution is 2.42. The van der Waals surface area contributed by atoms with Crippen LogP contribution >= 0.6 is 11.3 Å². The number of aryl methyl sites for hydroxylation is 1. The lowest BCUT2D eigenvalue weighted by molar-refractivity contribution is 0.212. The molecule has 0 saturated carbocycles. The van der Waals surface area contributed by atoms with Crippen LogP contribution in [0.15, 0.2) is 6.07 Å². The Hall–Kier alpha value is -1.86. The maximum Gasteiger partial charge on any atom is 0.410 e. The molecule has 5 N–H and O–H groups in total. The summed E-state index contributed by atoms with van der Waals surface area (Å²) >= 11 is 1.30. The number of aromatic nitrogens is 1. The van der Waals surface area contributed by atoms with Crippen LogP contribution in [0.25, 0.3) is 10.2 Å². The van der Waals surface area contributed by atoms with Gasteiger partial charge < -0.3 is 21.5 Å². The molecule has 1 aliphatic heterocycles. The van der Waals surface area contributed by atoms with Gasteiger partial charge in [-0.15, -0.1) is 0 Å². The largest absolute Gasteiger partial charge is 0.410 e. The summed E-state index contributed by atoms with van der Waals surface area (Å²) in [6.07, 6.45) is 3.28. The molecular formula is C16H22N4O2S. The quantitative estimate of drug-likeness (QED) is 0.797. The molecule has 2 aromatic rings. The van der Waals surface area contributed by atoms with Gasteiger partial charge in [0.1, 0.15) is 4.83 Å². The number of fused-ring (bicyclic) bond motifs is 1. The lowest BCUT2D eigenvalue weighted by atomic mass is 9.92. The molecule has 1 amide bonds. The van der Waals surface area contributed by atoms with Gasteiger partial charge in [-0.1, -0.05) is 24.7 Å². The van der Waals surface area contributed by atoms with Crippen molar-refractivity contribution in [2.45, 2.75) is 38.5 Å². The van der Waals surface area contributed by atoms with Gasteiger partial charge >= 0.3 is 6.09 Å². The third-order valence-electron chi connectivity index (χ3n) is 4.24. The zero-order valence-corrected chi connectivity index (χ0v) is 14.0. The fourth-order valence-electron chi connectivity index (χ4n) is 3.16. The zero-order valence-electron chi connectivity index (χ0n) is 13.2. The van der Waals surface area contributed by atoms with Gasteiger partial charge in [0.15, 0.2) is 0 Å². The second-order valence-electron chi connectivity index (χ2n) is 5.88. The third-order valence-corrected chi connectivity index (χ3v) is 5.21. The van der Waals surface area contributed by atoms with Crippen LogP contribution in [-0.4, -0.2) is 24.2 Å². The van der Waals surface area contributed by atoms with Crippen LogP contribution in [0.4, 0.5) is 10.5 Å². The maximum atomic E-state index is 11.0. The molecule has 0 spiro atoms. The van der Waals surface area contributed by atoms with Gasteiger partial charge in [-0.05, 0) is 44.0 Å². The van der Waals surface area contributed by atoms with Crippen molar-refractivity contribution >= 4 is 33.3 Å². The first kappa shape index (κ1) is 16.0. The van der Waals surface area contributed by atoms with Crippen molar-refractivity contribution < 1.29 is 9.53 Å². The number of nitrogens with zero attached hydrogens (tertiary/aromatic N) is 1. The first-order valence-electron chi connectivity index (χ1n) is 8.00. The molecule has 7 heteroatoms. The van der Waals surface area contributed by atoms with E-state index in [0.29, 0.717) is 16.7 Å². The Morgan fingerprint density at radius 2 is 2.22 bits per heavy atom. The number of carbonyl (C=O) groups is 1. The highest BCUT2D eigenvalue weighted by Gasteiger charge is 2.22. The highest BCUT2D eigenvalue weighted by molar-refractivity contribution is 7.21. The number of pyridine rings is 1. The Balaban J connectivity index is 2.08. The van der Waals surface area contributed by atoms with E-state index in [9.17, 15) is 4.79 Å². The Kier molecular flexibility index (Phi) is 4.68. The monoisotopic (exact) mass is 334 g/mol. The molecule has 1 saturated heterocycles. The number of anilines is 1. The summed E-state index contributed by atoms with van der Waals surface area (Å²) in [4.78, 5) is 16.7. The van der Waals surface area contributed by atoms with E-state index in [-0.39, 0.29) is 0 Å². The molecule has 0 unspecified atom stereocenters. The highest BCUT2D eigenvalue weighted by atomic mass is 32.1. The van der Waals surface area contributed by atoms with Gasteiger partial charge in [-0.3, -0.25) is 0 Å². The zero-order chi connectivity index (χ0) is 16.4. The number of amides is 1. The molecule has 0 radical (unpaired) electrons. The summed E-state index contributed by atoms with van der Waals surface area (Å²) < 4.78 is 5.03. The molecule has 3 rings (SSSR count). The van der Waals surface area contributed by atoms with Gasteiger partial charge in [0.25, 0.3) is 0 Å². The fourth-order valence-corrected chi connectivity index (χ4v) is 4.17. The molecule has 1 fully saturated rings. The molecule has 0 atom stereocenters. The van der Waals surface area contributed by atoms with Crippen molar-refractivity contribution in [3.63, 3.8) is 0 Å². The number of nitrogen functional groups attached to an aromatic ring is 1. The summed E-state index contributed by atoms with van der Waals surface area (Å²) in [7, 11) is 0. The summed E-state index contributed by atoms with van der Waals surface area (Å²) in [6, 6.07) is 2.18. The van der Waals surface area contributed by atoms with Gasteiger partial charge in [-0.25, -0.2) is 9.78 Å². The number of primary amides is 1. The van der Waals surface area contributed by atoms with Crippen LogP contribution in [0, 0.1) is 0 Å². The normalized spacial score (nSPS) is 15.9. The van der Waals surface area contributed by atoms with Gasteiger partial charge in [0.05, 0.1) is 5.69 Å². The minimum Gasteiger partial charge on any atom is -0.397 e. The van der Waals surface area contributed by atoms with Crippen LogP contribution < -0.4 is 21.5 Å². The third kappa shape index (κ3) is 3.25. The molecule has 2 aromatic heterocycles. The summed E-state index contributed by atoms with van der Waals surface area (Å²) in [6.45, 7) is 4.19. The standard InChI is InChI=1S/C16H22N4O2S/c1-2-3-10-8-11(9-4-6-19-7-5-9)20-14-12(10)13(17)15(23-14)22-16(18)21/h8-9,19H,2-7,17H2,1H3,(H2,18,21). The van der Waals surface area contributed by atoms with Crippen LogP contribution in [0.3, 0.4) is 0 Å². The molecule has 3 heterocycles. The van der Waals surface area contributed by atoms with Crippen molar-refractivity contribution in [2.75, 3.05) is 18.8 Å². The van der Waals surface area contributed by atoms with Crippen LogP contribution in [0.1, 0.15) is 43.4 Å². The van der Waals surface area contributed by atoms with E-state index in [2.05, 4.69) is 18.3 Å². The number of ether oxygens (including phenoxy) is 1. The molecule has 124 valence electrons. The molecular weight excluding hydrogens is 312 g/mol. The van der Waals surface area contributed by atoms with E-state index in [1.54, 1.807) is 0 Å². The van der Waals surface area contributed by atoms with Gasteiger partial charge in [-0.2, -0.15) is 0 Å². The van der Waals surface area contributed by atoms with E-state index in [4.69, 9.17) is 21.2 Å². The predicted molar refractivity (Wildman–Crippen MR) is 93.1 cm³/mol. The molecule has 23 heavy (non-hydrogen) atoms. The van der Waals surface area contributed by atoms with Crippen LogP contribution in [-0.2, 0) is 6.42 Å². The minimum atomic E-state index is -0.848. The van der Waals surface area contributed by atoms with Crippen molar-refractivity contribution in [3.05, 3.63) is 17.3 Å². The summed E-state index contributed by atoms with van der Waals surface area (Å²) in [5.74, 6) is 0.472. The molecule has 1 aliphatic rings. The number of hydrogen-bond acceptors (Lipinski definition) is 6. The average Bonchev–Trinajstić information content (AvgIpc) is 2.84. The smallest absolute Gasteiger partial charge is 0.397 e. The fraction of sp³-hybridized carbons (Fsp3) is 0.500. The number of hydrogen-bond donors (Lipinski definition) is 3. The number of rotatable bonds is 4. The van der Waals surface area contributed by atoms with E-state index in [1.165, 1.54) is 16.9 Å². The van der Waals surface area contributed by atoms with E-state index >= 15 is 0 Å². The molecule has 0 aromatic carbocycles. The lowest BCUT2D eigenvalue weighted by Crippen LogP contribution is -2.27. The predicted octanol–water partition coefficient (Wildman–Crippen LogP) is 2.76. The van der Waals surface area contributed by atoms with Crippen molar-refractivity contribution in [2.24, 2.45) is 5.73 Å². The second kappa shape index (κ2) is 6.72. The van der Waals surface area contributed by atoms with Gasteiger partial charge in [0.2, 0.25) is 5.06 Å². The number of carbonyl (C=O) groups excluding carboxylic acids is 1. The van der Waals surface area contributed by atoms with Crippen molar-refractivity contribution in [3.8, 4) is 5.06 Å². The van der Waals surface area contributed by atoms with E-state index in [1.807, 2.05) is 0 Å². The van der Waals surface area contributed by atoms with E-state index < -0.39 is 6.09 Å². The summed E-state index contributed by atoms with van der Waals surface area (Å²) in [5.41, 5.74) is 14.1. The van der Waals surface area contributed by atoms with Crippen LogP contribution in [0.5, 0.6) is 5.06 Å². The Bertz CT molecular complexity index is 722. The van der Waals surface area contributed by atoms with Crippen LogP contribution in [0.2, 0.25) is 0 Å². The number of piperidine rings is 1. The Morgan fingerprint density at radius 3 is 2.87 bits per heavy atom. The number of nitrogens with two attached hydrogens (primary N) is 2. The average molecular weight is 334 g/mol.